The number of phenolic OH excluding ortho intramolecular Hbond substituents is 3. The molecule has 5 rings (SSSR count). The Morgan fingerprint density at radius 1 is 0.519 bits per heavy atom. The van der Waals surface area contributed by atoms with Crippen molar-refractivity contribution in [3.63, 3.8) is 0 Å². The van der Waals surface area contributed by atoms with Crippen molar-refractivity contribution in [3.05, 3.63) is 117 Å². The highest BCUT2D eigenvalue weighted by molar-refractivity contribution is 5.99. The van der Waals surface area contributed by atoms with E-state index in [0.29, 0.717) is 23.7 Å². The summed E-state index contributed by atoms with van der Waals surface area (Å²) in [6.45, 7) is 31.8. The van der Waals surface area contributed by atoms with Crippen LogP contribution in [0.4, 0.5) is 5.69 Å². The standard InChI is InChI=1S/C12H15NO.C12H18O.C11H16O.C10H14O.2CH4/c1-12(2,3)9-4-5-10-8(6-9)7-11(14)13-10;1-8-6-10(12(3,4)5)7-9(2)11(8)13;1-8-7-9(11(2,3)4)5-6-10(8)12;1-10(2,3)8-5-4-6-9(11)7-8;;/h4-6H,7H2,1-3H3,(H,13,14);6-7,13H,1-5H3;5-7,12H,1-4H3;4-7,11H,1-3H3;2*1H4. The van der Waals surface area contributed by atoms with E-state index in [-0.39, 0.29) is 42.4 Å². The SMILES string of the molecule is C.C.CC(C)(C)c1ccc2c(c1)CC(=O)N2.CC(C)(C)c1cccc(O)c1.Cc1cc(C(C)(C)C)cc(C)c1O.Cc1cc(C(C)(C)C)ccc1O. The van der Waals surface area contributed by atoms with Gasteiger partial charge in [0.2, 0.25) is 5.91 Å². The second-order valence-electron chi connectivity index (χ2n) is 17.6. The number of fused-ring (bicyclic) bond motifs is 1. The highest BCUT2D eigenvalue weighted by Gasteiger charge is 2.21. The zero-order chi connectivity index (χ0) is 38.4. The summed E-state index contributed by atoms with van der Waals surface area (Å²) in [4.78, 5) is 11.1. The summed E-state index contributed by atoms with van der Waals surface area (Å²) < 4.78 is 0. The van der Waals surface area contributed by atoms with Gasteiger partial charge in [-0.3, -0.25) is 4.79 Å². The highest BCUT2D eigenvalue weighted by Crippen LogP contribution is 2.31. The third-order valence-electron chi connectivity index (χ3n) is 8.73. The van der Waals surface area contributed by atoms with Crippen molar-refractivity contribution < 1.29 is 20.1 Å². The lowest BCUT2D eigenvalue weighted by Gasteiger charge is -2.20. The van der Waals surface area contributed by atoms with E-state index in [0.717, 1.165) is 33.5 Å². The minimum atomic E-state index is 0. The first kappa shape index (κ1) is 47.8. The first-order chi connectivity index (χ1) is 22.7. The van der Waals surface area contributed by atoms with E-state index in [4.69, 9.17) is 0 Å². The van der Waals surface area contributed by atoms with Gasteiger partial charge in [0.15, 0.2) is 0 Å². The van der Waals surface area contributed by atoms with E-state index in [1.54, 1.807) is 18.2 Å². The van der Waals surface area contributed by atoms with Crippen LogP contribution in [-0.2, 0) is 32.9 Å². The van der Waals surface area contributed by atoms with Gasteiger partial charge in [-0.2, -0.15) is 0 Å². The van der Waals surface area contributed by atoms with Crippen LogP contribution < -0.4 is 5.32 Å². The molecule has 288 valence electrons. The van der Waals surface area contributed by atoms with Crippen molar-refractivity contribution >= 4 is 11.6 Å². The zero-order valence-electron chi connectivity index (χ0n) is 33.4. The Morgan fingerprint density at radius 2 is 0.942 bits per heavy atom. The summed E-state index contributed by atoms with van der Waals surface area (Å²) >= 11 is 0. The van der Waals surface area contributed by atoms with Crippen LogP contribution in [0.3, 0.4) is 0 Å². The molecule has 0 unspecified atom stereocenters. The highest BCUT2D eigenvalue weighted by atomic mass is 16.3. The fraction of sp³-hybridized carbons (Fsp3) is 0.468. The molecule has 0 fully saturated rings. The monoisotopic (exact) mass is 714 g/mol. The molecule has 0 saturated carbocycles. The van der Waals surface area contributed by atoms with Crippen molar-refractivity contribution in [2.45, 2.75) is 147 Å². The van der Waals surface area contributed by atoms with Crippen molar-refractivity contribution in [3.8, 4) is 17.2 Å². The number of carbonyl (C=O) groups excluding carboxylic acids is 1. The van der Waals surface area contributed by atoms with Crippen molar-refractivity contribution in [1.29, 1.82) is 0 Å². The number of aromatic hydroxyl groups is 3. The average molecular weight is 714 g/mol. The molecule has 5 heteroatoms. The molecule has 1 amide bonds. The van der Waals surface area contributed by atoms with Gasteiger partial charge in [-0.25, -0.2) is 0 Å². The Balaban J connectivity index is 0.000000661. The Bertz CT molecular complexity index is 1730. The number of carbonyl (C=O) groups is 1. The number of phenols is 3. The van der Waals surface area contributed by atoms with Gasteiger partial charge in [0, 0.05) is 5.69 Å². The Kier molecular flexibility index (Phi) is 17.0. The molecule has 1 aliphatic rings. The molecular formula is C47H71NO4. The summed E-state index contributed by atoms with van der Waals surface area (Å²) in [6, 6.07) is 23.5. The number of nitrogens with one attached hydrogen (secondary N) is 1. The van der Waals surface area contributed by atoms with Crippen LogP contribution in [0, 0.1) is 20.8 Å². The molecule has 5 nitrogen and oxygen atoms in total. The van der Waals surface area contributed by atoms with E-state index in [1.165, 1.54) is 16.7 Å². The Labute approximate surface area is 317 Å². The van der Waals surface area contributed by atoms with Crippen LogP contribution in [-0.4, -0.2) is 21.2 Å². The summed E-state index contributed by atoms with van der Waals surface area (Å²) in [5.74, 6) is 1.25. The van der Waals surface area contributed by atoms with E-state index >= 15 is 0 Å². The van der Waals surface area contributed by atoms with Crippen molar-refractivity contribution in [2.75, 3.05) is 5.32 Å². The largest absolute Gasteiger partial charge is 0.508 e. The van der Waals surface area contributed by atoms with Crippen LogP contribution in [0.25, 0.3) is 0 Å². The smallest absolute Gasteiger partial charge is 0.228 e. The number of hydrogen-bond donors (Lipinski definition) is 4. The Hall–Kier alpha value is -4.25. The molecule has 1 heterocycles. The number of benzene rings is 4. The third-order valence-corrected chi connectivity index (χ3v) is 8.73. The van der Waals surface area contributed by atoms with E-state index in [9.17, 15) is 20.1 Å². The quantitative estimate of drug-likeness (QED) is 0.146. The van der Waals surface area contributed by atoms with Gasteiger partial charge in [0.05, 0.1) is 6.42 Å². The second-order valence-corrected chi connectivity index (χ2v) is 17.6. The maximum Gasteiger partial charge on any atom is 0.228 e. The fourth-order valence-electron chi connectivity index (χ4n) is 5.18. The summed E-state index contributed by atoms with van der Waals surface area (Å²) in [5, 5.41) is 30.9. The van der Waals surface area contributed by atoms with Crippen molar-refractivity contribution in [2.24, 2.45) is 0 Å². The maximum absolute atomic E-state index is 11.1. The minimum Gasteiger partial charge on any atom is -0.508 e. The fourth-order valence-corrected chi connectivity index (χ4v) is 5.18. The van der Waals surface area contributed by atoms with Crippen LogP contribution in [0.2, 0.25) is 0 Å². The van der Waals surface area contributed by atoms with Crippen molar-refractivity contribution in [1.82, 2.24) is 0 Å². The normalized spacial score (nSPS) is 12.2. The van der Waals surface area contributed by atoms with Gasteiger partial charge in [-0.1, -0.05) is 146 Å². The van der Waals surface area contributed by atoms with Gasteiger partial charge in [-0.15, -0.1) is 0 Å². The molecule has 0 bridgehead atoms. The predicted molar refractivity (Wildman–Crippen MR) is 226 cm³/mol. The molecular weight excluding hydrogens is 643 g/mol. The maximum atomic E-state index is 11.1. The van der Waals surface area contributed by atoms with Crippen LogP contribution in [0.15, 0.2) is 72.8 Å². The van der Waals surface area contributed by atoms with Gasteiger partial charge >= 0.3 is 0 Å². The zero-order valence-corrected chi connectivity index (χ0v) is 33.4. The predicted octanol–water partition coefficient (Wildman–Crippen LogP) is 12.7. The third kappa shape index (κ3) is 14.4. The second kappa shape index (κ2) is 18.5. The van der Waals surface area contributed by atoms with Crippen LogP contribution in [0.5, 0.6) is 17.2 Å². The summed E-state index contributed by atoms with van der Waals surface area (Å²) in [5.41, 5.74) is 10.6. The molecule has 4 aromatic rings. The number of rotatable bonds is 0. The van der Waals surface area contributed by atoms with Gasteiger partial charge < -0.3 is 20.6 Å². The van der Waals surface area contributed by atoms with Gasteiger partial charge in [0.1, 0.15) is 17.2 Å². The number of hydrogen-bond acceptors (Lipinski definition) is 4. The number of aryl methyl sites for hydroxylation is 3. The molecule has 4 aromatic carbocycles. The molecule has 52 heavy (non-hydrogen) atoms. The minimum absolute atomic E-state index is 0. The molecule has 0 atom stereocenters. The number of anilines is 1. The molecule has 0 aromatic heterocycles. The van der Waals surface area contributed by atoms with E-state index < -0.39 is 0 Å². The summed E-state index contributed by atoms with van der Waals surface area (Å²) in [7, 11) is 0. The van der Waals surface area contributed by atoms with Crippen LogP contribution >= 0.6 is 0 Å². The molecule has 0 aliphatic carbocycles. The molecule has 1 aliphatic heterocycles. The summed E-state index contributed by atoms with van der Waals surface area (Å²) in [6.07, 6.45) is 0.527. The number of amides is 1. The lowest BCUT2D eigenvalue weighted by molar-refractivity contribution is -0.115. The van der Waals surface area contributed by atoms with E-state index in [2.05, 4.69) is 113 Å². The first-order valence-corrected chi connectivity index (χ1v) is 17.5. The Morgan fingerprint density at radius 3 is 1.37 bits per heavy atom. The van der Waals surface area contributed by atoms with E-state index in [1.807, 2.05) is 51.1 Å². The molecule has 4 N–H and O–H groups in total. The molecule has 0 spiro atoms. The molecule has 0 saturated heterocycles. The van der Waals surface area contributed by atoms with Gasteiger partial charge in [0.25, 0.3) is 0 Å². The van der Waals surface area contributed by atoms with Gasteiger partial charge in [-0.05, 0) is 111 Å². The average Bonchev–Trinajstić information content (AvgIpc) is 3.35. The first-order valence-electron chi connectivity index (χ1n) is 17.5. The topological polar surface area (TPSA) is 89.8 Å². The van der Waals surface area contributed by atoms with Crippen LogP contribution in [0.1, 0.15) is 142 Å². The lowest BCUT2D eigenvalue weighted by Crippen LogP contribution is -2.11. The lowest BCUT2D eigenvalue weighted by atomic mass is 9.85. The molecule has 0 radical (unpaired) electrons.